The fraction of sp³-hybridized carbons (Fsp3) is 0.368. The summed E-state index contributed by atoms with van der Waals surface area (Å²) in [6.07, 6.45) is -2.89. The van der Waals surface area contributed by atoms with Gasteiger partial charge in [0.05, 0.1) is 17.7 Å². The van der Waals surface area contributed by atoms with Gasteiger partial charge < -0.3 is 19.3 Å². The average molecular weight is 454 g/mol. The van der Waals surface area contributed by atoms with Crippen molar-refractivity contribution >= 4 is 35.0 Å². The molecule has 2 saturated heterocycles. The van der Waals surface area contributed by atoms with Crippen molar-refractivity contribution in [2.45, 2.75) is 41.0 Å². The molecule has 0 aliphatic carbocycles. The van der Waals surface area contributed by atoms with Gasteiger partial charge in [0.1, 0.15) is 23.7 Å². The minimum atomic E-state index is -1.11. The molecule has 3 unspecified atom stereocenters. The molecule has 4 rings (SSSR count). The van der Waals surface area contributed by atoms with Crippen LogP contribution in [0.4, 0.5) is 0 Å². The van der Waals surface area contributed by atoms with E-state index in [1.807, 2.05) is 30.3 Å². The van der Waals surface area contributed by atoms with E-state index in [1.54, 1.807) is 18.2 Å². The van der Waals surface area contributed by atoms with Crippen molar-refractivity contribution in [3.8, 4) is 0 Å². The molecule has 6 atom stereocenters. The molecule has 2 aliphatic heterocycles. The zero-order valence-corrected chi connectivity index (χ0v) is 17.3. The van der Waals surface area contributed by atoms with Gasteiger partial charge in [-0.3, -0.25) is 0 Å². The molecule has 0 saturated carbocycles. The molecule has 2 heterocycles. The number of aliphatic hydroxyl groups is 1. The Balaban J connectivity index is 1.56. The second-order valence-electron chi connectivity index (χ2n) is 6.60. The normalized spacial score (nSPS) is 31.6. The van der Waals surface area contributed by atoms with Crippen LogP contribution in [-0.2, 0) is 14.2 Å². The second kappa shape index (κ2) is 9.12. The molecule has 1 N–H and O–H groups in total. The predicted molar refractivity (Wildman–Crippen MR) is 110 cm³/mol. The van der Waals surface area contributed by atoms with E-state index in [-0.39, 0.29) is 6.61 Å². The van der Waals surface area contributed by atoms with Gasteiger partial charge in [0, 0.05) is 20.4 Å². The van der Waals surface area contributed by atoms with Gasteiger partial charge in [-0.1, -0.05) is 70.4 Å². The number of benzene rings is 2. The molecular formula is C19H17Cl2N3O4S. The molecule has 2 aromatic carbocycles. The molecular weight excluding hydrogens is 437 g/mol. The van der Waals surface area contributed by atoms with Crippen LogP contribution in [0.2, 0.25) is 10.0 Å². The van der Waals surface area contributed by atoms with Crippen molar-refractivity contribution in [3.63, 3.8) is 0 Å². The number of aliphatic hydroxyl groups excluding tert-OH is 1. The Morgan fingerprint density at radius 3 is 2.69 bits per heavy atom. The largest absolute Gasteiger partial charge is 0.389 e. The van der Waals surface area contributed by atoms with E-state index in [9.17, 15) is 5.11 Å². The van der Waals surface area contributed by atoms with E-state index in [1.165, 1.54) is 11.8 Å². The van der Waals surface area contributed by atoms with Crippen LogP contribution in [0.5, 0.6) is 0 Å². The van der Waals surface area contributed by atoms with Crippen LogP contribution in [0, 0.1) is 0 Å². The van der Waals surface area contributed by atoms with Gasteiger partial charge >= 0.3 is 0 Å². The van der Waals surface area contributed by atoms with Crippen LogP contribution in [0.15, 0.2) is 58.5 Å². The topological polar surface area (TPSA) is 96.7 Å². The number of nitrogens with zero attached hydrogens (tertiary/aromatic N) is 3. The molecule has 0 spiro atoms. The first-order valence-corrected chi connectivity index (χ1v) is 10.5. The quantitative estimate of drug-likeness (QED) is 0.400. The number of rotatable bonds is 4. The monoisotopic (exact) mass is 453 g/mol. The summed E-state index contributed by atoms with van der Waals surface area (Å²) in [5.41, 5.74) is 9.14. The minimum absolute atomic E-state index is 0.231. The van der Waals surface area contributed by atoms with Gasteiger partial charge in [-0.25, -0.2) is 0 Å². The third-order valence-electron chi connectivity index (χ3n) is 4.73. The fourth-order valence-corrected chi connectivity index (χ4v) is 4.95. The average Bonchev–Trinajstić information content (AvgIpc) is 2.74. The lowest BCUT2D eigenvalue weighted by molar-refractivity contribution is -0.297. The van der Waals surface area contributed by atoms with Crippen molar-refractivity contribution in [2.24, 2.45) is 5.11 Å². The summed E-state index contributed by atoms with van der Waals surface area (Å²) in [6.45, 7) is 0.231. The number of hydrogen-bond acceptors (Lipinski definition) is 6. The summed E-state index contributed by atoms with van der Waals surface area (Å²) >= 11 is 13.5. The zero-order valence-electron chi connectivity index (χ0n) is 15.0. The Labute approximate surface area is 181 Å². The smallest absolute Gasteiger partial charge is 0.184 e. The molecule has 0 aromatic heterocycles. The van der Waals surface area contributed by atoms with Crippen LogP contribution in [0.1, 0.15) is 11.9 Å². The van der Waals surface area contributed by atoms with Crippen molar-refractivity contribution in [2.75, 3.05) is 6.61 Å². The number of hydrogen-bond donors (Lipinski definition) is 1. The maximum Gasteiger partial charge on any atom is 0.184 e. The van der Waals surface area contributed by atoms with E-state index in [0.717, 1.165) is 5.56 Å². The van der Waals surface area contributed by atoms with Crippen molar-refractivity contribution in [1.29, 1.82) is 0 Å². The van der Waals surface area contributed by atoms with Crippen LogP contribution in [0.25, 0.3) is 10.4 Å². The highest BCUT2D eigenvalue weighted by molar-refractivity contribution is 8.00. The van der Waals surface area contributed by atoms with E-state index >= 15 is 0 Å². The summed E-state index contributed by atoms with van der Waals surface area (Å²) in [5.74, 6) is 0. The van der Waals surface area contributed by atoms with E-state index in [2.05, 4.69) is 10.0 Å². The summed E-state index contributed by atoms with van der Waals surface area (Å²) < 4.78 is 17.9. The molecule has 0 bridgehead atoms. The third kappa shape index (κ3) is 4.50. The van der Waals surface area contributed by atoms with Crippen LogP contribution >= 0.6 is 35.0 Å². The van der Waals surface area contributed by atoms with Crippen molar-refractivity contribution in [3.05, 3.63) is 74.6 Å². The highest BCUT2D eigenvalue weighted by Gasteiger charge is 2.49. The Morgan fingerprint density at radius 1 is 1.14 bits per heavy atom. The SMILES string of the molecule is [N-]=[N+]=N[C@@H]1C(O)[C@@H](Sc2cc(Cl)ccc2Cl)OC2COC(c3ccccc3)O[C@@H]21. The maximum absolute atomic E-state index is 10.9. The Hall–Kier alpha value is -1.48. The van der Waals surface area contributed by atoms with Crippen LogP contribution in [0.3, 0.4) is 0 Å². The van der Waals surface area contributed by atoms with Gasteiger partial charge in [0.25, 0.3) is 0 Å². The molecule has 2 fully saturated rings. The van der Waals surface area contributed by atoms with Gasteiger partial charge in [-0.15, -0.1) is 0 Å². The lowest BCUT2D eigenvalue weighted by Gasteiger charge is -2.46. The third-order valence-corrected chi connectivity index (χ3v) is 6.62. The van der Waals surface area contributed by atoms with Gasteiger partial charge in [0.15, 0.2) is 6.29 Å². The second-order valence-corrected chi connectivity index (χ2v) is 8.58. The van der Waals surface area contributed by atoms with E-state index in [4.69, 9.17) is 42.9 Å². The first-order valence-electron chi connectivity index (χ1n) is 8.88. The molecule has 29 heavy (non-hydrogen) atoms. The molecule has 0 radical (unpaired) electrons. The molecule has 0 amide bonds. The number of ether oxygens (including phenoxy) is 3. The first-order chi connectivity index (χ1) is 14.1. The molecule has 10 heteroatoms. The van der Waals surface area contributed by atoms with Gasteiger partial charge in [0.2, 0.25) is 0 Å². The van der Waals surface area contributed by atoms with Crippen molar-refractivity contribution in [1.82, 2.24) is 0 Å². The number of thioether (sulfide) groups is 1. The predicted octanol–water partition coefficient (Wildman–Crippen LogP) is 4.96. The number of azide groups is 1. The van der Waals surface area contributed by atoms with E-state index < -0.39 is 36.1 Å². The minimum Gasteiger partial charge on any atom is -0.389 e. The number of halogens is 2. The lowest BCUT2D eigenvalue weighted by Crippen LogP contribution is -2.60. The highest BCUT2D eigenvalue weighted by atomic mass is 35.5. The Kier molecular flexibility index (Phi) is 6.53. The standard InChI is InChI=1S/C19H17Cl2N3O4S/c20-11-6-7-12(21)14(8-11)29-19-16(25)15(23-24-22)17-13(27-19)9-26-18(28-17)10-4-2-1-3-5-10/h1-8,13,15-19,25H,9H2/t13?,15-,16?,17+,18?,19-/m1/s1. The molecule has 2 aromatic rings. The molecule has 2 aliphatic rings. The summed E-state index contributed by atoms with van der Waals surface area (Å²) in [7, 11) is 0. The Bertz CT molecular complexity index is 916. The lowest BCUT2D eigenvalue weighted by atomic mass is 9.97. The van der Waals surface area contributed by atoms with Crippen molar-refractivity contribution < 1.29 is 19.3 Å². The zero-order chi connectivity index (χ0) is 20.4. The van der Waals surface area contributed by atoms with Gasteiger partial charge in [-0.05, 0) is 23.7 Å². The summed E-state index contributed by atoms with van der Waals surface area (Å²) in [6, 6.07) is 13.6. The summed E-state index contributed by atoms with van der Waals surface area (Å²) in [4.78, 5) is 3.56. The summed E-state index contributed by atoms with van der Waals surface area (Å²) in [5, 5.41) is 15.7. The van der Waals surface area contributed by atoms with Gasteiger partial charge in [-0.2, -0.15) is 0 Å². The maximum atomic E-state index is 10.9. The van der Waals surface area contributed by atoms with Crippen LogP contribution in [-0.4, -0.2) is 41.5 Å². The highest BCUT2D eigenvalue weighted by Crippen LogP contribution is 2.42. The number of fused-ring (bicyclic) bond motifs is 1. The molecule has 152 valence electrons. The molecule has 7 nitrogen and oxygen atoms in total. The first kappa shape index (κ1) is 20.8. The van der Waals surface area contributed by atoms with Crippen LogP contribution < -0.4 is 0 Å². The van der Waals surface area contributed by atoms with E-state index in [0.29, 0.717) is 14.9 Å². The Morgan fingerprint density at radius 2 is 1.93 bits per heavy atom. The fourth-order valence-electron chi connectivity index (χ4n) is 3.34.